The van der Waals surface area contributed by atoms with Crippen LogP contribution in [-0.2, 0) is 4.79 Å². The zero-order chi connectivity index (χ0) is 11.5. The summed E-state index contributed by atoms with van der Waals surface area (Å²) in [7, 11) is 2.00. The second-order valence-electron chi connectivity index (χ2n) is 5.08. The van der Waals surface area contributed by atoms with Gasteiger partial charge in [0.15, 0.2) is 0 Å². The van der Waals surface area contributed by atoms with E-state index < -0.39 is 0 Å². The lowest BCUT2D eigenvalue weighted by molar-refractivity contribution is -0.126. The standard InChI is InChI=1S/C12H23N3O.ClH/c1-9(12(16)14-10-5-6-10)15-7-3-4-11(8-15)13-2;/h9-11,13H,3-8H2,1-2H3,(H,14,16);1H. The van der Waals surface area contributed by atoms with Crippen LogP contribution in [0.25, 0.3) is 0 Å². The average molecular weight is 262 g/mol. The molecule has 2 aliphatic rings. The van der Waals surface area contributed by atoms with Crippen LogP contribution in [-0.4, -0.2) is 49.1 Å². The maximum Gasteiger partial charge on any atom is 0.237 e. The fourth-order valence-electron chi connectivity index (χ4n) is 2.31. The maximum absolute atomic E-state index is 11.9. The third kappa shape index (κ3) is 4.12. The molecule has 2 N–H and O–H groups in total. The van der Waals surface area contributed by atoms with Gasteiger partial charge in [-0.2, -0.15) is 0 Å². The Labute approximate surface area is 110 Å². The smallest absolute Gasteiger partial charge is 0.237 e. The lowest BCUT2D eigenvalue weighted by Gasteiger charge is -2.35. The number of rotatable bonds is 4. The molecule has 4 nitrogen and oxygen atoms in total. The summed E-state index contributed by atoms with van der Waals surface area (Å²) in [6.07, 6.45) is 4.74. The number of halogens is 1. The third-order valence-corrected chi connectivity index (χ3v) is 3.71. The van der Waals surface area contributed by atoms with E-state index in [1.54, 1.807) is 0 Å². The van der Waals surface area contributed by atoms with Crippen LogP contribution in [0.15, 0.2) is 0 Å². The molecule has 1 saturated heterocycles. The van der Waals surface area contributed by atoms with Crippen molar-refractivity contribution in [1.82, 2.24) is 15.5 Å². The minimum Gasteiger partial charge on any atom is -0.352 e. The molecule has 0 aromatic carbocycles. The first-order valence-electron chi connectivity index (χ1n) is 6.42. The Morgan fingerprint density at radius 3 is 2.59 bits per heavy atom. The Morgan fingerprint density at radius 2 is 2.00 bits per heavy atom. The number of piperidine rings is 1. The Morgan fingerprint density at radius 1 is 1.29 bits per heavy atom. The van der Waals surface area contributed by atoms with E-state index in [2.05, 4.69) is 15.5 Å². The van der Waals surface area contributed by atoms with Gasteiger partial charge in [-0.3, -0.25) is 9.69 Å². The van der Waals surface area contributed by atoms with Crippen LogP contribution in [0.2, 0.25) is 0 Å². The zero-order valence-electron chi connectivity index (χ0n) is 10.7. The van der Waals surface area contributed by atoms with E-state index in [-0.39, 0.29) is 24.4 Å². The Kier molecular flexibility index (Phi) is 5.70. The molecule has 5 heteroatoms. The quantitative estimate of drug-likeness (QED) is 0.785. The molecule has 0 aromatic rings. The highest BCUT2D eigenvalue weighted by Crippen LogP contribution is 2.19. The first kappa shape index (κ1) is 14.7. The van der Waals surface area contributed by atoms with Crippen molar-refractivity contribution < 1.29 is 4.79 Å². The molecule has 1 amide bonds. The van der Waals surface area contributed by atoms with E-state index in [1.807, 2.05) is 14.0 Å². The maximum atomic E-state index is 11.9. The normalized spacial score (nSPS) is 27.1. The summed E-state index contributed by atoms with van der Waals surface area (Å²) in [5.74, 6) is 0.208. The molecule has 2 atom stereocenters. The van der Waals surface area contributed by atoms with E-state index in [4.69, 9.17) is 0 Å². The van der Waals surface area contributed by atoms with E-state index in [9.17, 15) is 4.79 Å². The van der Waals surface area contributed by atoms with Gasteiger partial charge in [0, 0.05) is 18.6 Å². The number of hydrogen-bond donors (Lipinski definition) is 2. The highest BCUT2D eigenvalue weighted by molar-refractivity contribution is 5.85. The highest BCUT2D eigenvalue weighted by atomic mass is 35.5. The molecule has 100 valence electrons. The zero-order valence-corrected chi connectivity index (χ0v) is 11.6. The van der Waals surface area contributed by atoms with Crippen molar-refractivity contribution in [2.45, 2.75) is 50.7 Å². The molecule has 1 aliphatic carbocycles. The fourth-order valence-corrected chi connectivity index (χ4v) is 2.31. The molecule has 0 spiro atoms. The molecule has 0 radical (unpaired) electrons. The molecule has 1 aliphatic heterocycles. The summed E-state index contributed by atoms with van der Waals surface area (Å²) in [5.41, 5.74) is 0. The monoisotopic (exact) mass is 261 g/mol. The summed E-state index contributed by atoms with van der Waals surface area (Å²) in [4.78, 5) is 14.2. The van der Waals surface area contributed by atoms with Crippen molar-refractivity contribution in [2.24, 2.45) is 0 Å². The van der Waals surface area contributed by atoms with Gasteiger partial charge < -0.3 is 10.6 Å². The molecular formula is C12H24ClN3O. The minimum atomic E-state index is 0. The van der Waals surface area contributed by atoms with Crippen molar-refractivity contribution in [3.8, 4) is 0 Å². The summed E-state index contributed by atoms with van der Waals surface area (Å²) in [6.45, 7) is 4.07. The largest absolute Gasteiger partial charge is 0.352 e. The molecule has 0 aromatic heterocycles. The number of carbonyl (C=O) groups excluding carboxylic acids is 1. The Bertz CT molecular complexity index is 258. The van der Waals surface area contributed by atoms with Crippen LogP contribution >= 0.6 is 12.4 Å². The van der Waals surface area contributed by atoms with Crippen LogP contribution < -0.4 is 10.6 Å². The molecule has 1 heterocycles. The number of hydrogen-bond acceptors (Lipinski definition) is 3. The van der Waals surface area contributed by atoms with E-state index in [0.29, 0.717) is 12.1 Å². The topological polar surface area (TPSA) is 44.4 Å². The Balaban J connectivity index is 0.00000144. The molecule has 2 fully saturated rings. The third-order valence-electron chi connectivity index (χ3n) is 3.71. The van der Waals surface area contributed by atoms with Crippen molar-refractivity contribution in [2.75, 3.05) is 20.1 Å². The van der Waals surface area contributed by atoms with Gasteiger partial charge >= 0.3 is 0 Å². The molecule has 17 heavy (non-hydrogen) atoms. The van der Waals surface area contributed by atoms with E-state index >= 15 is 0 Å². The van der Waals surface area contributed by atoms with Crippen molar-refractivity contribution >= 4 is 18.3 Å². The van der Waals surface area contributed by atoms with Gasteiger partial charge in [-0.1, -0.05) is 0 Å². The van der Waals surface area contributed by atoms with Crippen LogP contribution in [0, 0.1) is 0 Å². The summed E-state index contributed by atoms with van der Waals surface area (Å²) < 4.78 is 0. The molecule has 1 saturated carbocycles. The van der Waals surface area contributed by atoms with Gasteiger partial charge in [0.25, 0.3) is 0 Å². The second kappa shape index (κ2) is 6.57. The first-order valence-corrected chi connectivity index (χ1v) is 6.42. The highest BCUT2D eigenvalue weighted by Gasteiger charge is 2.30. The molecule has 2 unspecified atom stereocenters. The van der Waals surface area contributed by atoms with Crippen molar-refractivity contribution in [3.63, 3.8) is 0 Å². The van der Waals surface area contributed by atoms with Crippen LogP contribution in [0.4, 0.5) is 0 Å². The number of likely N-dealkylation sites (tertiary alicyclic amines) is 1. The average Bonchev–Trinajstić information content (AvgIpc) is 3.12. The predicted octanol–water partition coefficient (Wildman–Crippen LogP) is 0.759. The van der Waals surface area contributed by atoms with Gasteiger partial charge in [0.2, 0.25) is 5.91 Å². The molecule has 0 bridgehead atoms. The van der Waals surface area contributed by atoms with Crippen LogP contribution in [0.1, 0.15) is 32.6 Å². The minimum absolute atomic E-state index is 0. The number of amides is 1. The number of likely N-dealkylation sites (N-methyl/N-ethyl adjacent to an activating group) is 1. The van der Waals surface area contributed by atoms with Gasteiger partial charge in [0.05, 0.1) is 6.04 Å². The lowest BCUT2D eigenvalue weighted by Crippen LogP contribution is -2.53. The molecular weight excluding hydrogens is 238 g/mol. The van der Waals surface area contributed by atoms with Crippen LogP contribution in [0.5, 0.6) is 0 Å². The van der Waals surface area contributed by atoms with Gasteiger partial charge in [-0.05, 0) is 46.2 Å². The number of nitrogens with zero attached hydrogens (tertiary/aromatic N) is 1. The number of nitrogens with one attached hydrogen (secondary N) is 2. The first-order chi connectivity index (χ1) is 7.70. The predicted molar refractivity (Wildman–Crippen MR) is 71.5 cm³/mol. The van der Waals surface area contributed by atoms with Crippen molar-refractivity contribution in [3.05, 3.63) is 0 Å². The molecule has 2 rings (SSSR count). The summed E-state index contributed by atoms with van der Waals surface area (Å²) in [5, 5.41) is 6.39. The van der Waals surface area contributed by atoms with Gasteiger partial charge in [-0.25, -0.2) is 0 Å². The fraction of sp³-hybridized carbons (Fsp3) is 0.917. The lowest BCUT2D eigenvalue weighted by atomic mass is 10.0. The second-order valence-corrected chi connectivity index (χ2v) is 5.08. The van der Waals surface area contributed by atoms with Crippen LogP contribution in [0.3, 0.4) is 0 Å². The summed E-state index contributed by atoms with van der Waals surface area (Å²) >= 11 is 0. The Hall–Kier alpha value is -0.320. The summed E-state index contributed by atoms with van der Waals surface area (Å²) in [6, 6.07) is 1.04. The van der Waals surface area contributed by atoms with Gasteiger partial charge in [-0.15, -0.1) is 12.4 Å². The number of carbonyl (C=O) groups is 1. The SMILES string of the molecule is CNC1CCCN(C(C)C(=O)NC2CC2)C1.Cl. The van der Waals surface area contributed by atoms with Gasteiger partial charge in [0.1, 0.15) is 0 Å². The van der Waals surface area contributed by atoms with E-state index in [1.165, 1.54) is 12.8 Å². The van der Waals surface area contributed by atoms with Crippen molar-refractivity contribution in [1.29, 1.82) is 0 Å². The van der Waals surface area contributed by atoms with E-state index in [0.717, 1.165) is 25.9 Å².